The van der Waals surface area contributed by atoms with Crippen LogP contribution in [0.25, 0.3) is 0 Å². The minimum atomic E-state index is -0.277. The number of likely N-dealkylation sites (tertiary alicyclic amines) is 1. The Morgan fingerprint density at radius 1 is 1.14 bits per heavy atom. The Labute approximate surface area is 129 Å². The van der Waals surface area contributed by atoms with Crippen molar-refractivity contribution in [2.24, 2.45) is 11.8 Å². The zero-order valence-corrected chi connectivity index (χ0v) is 13.9. The Hall–Kier alpha value is -0.160. The van der Waals surface area contributed by atoms with Crippen LogP contribution in [0, 0.1) is 11.8 Å². The summed E-state index contributed by atoms with van der Waals surface area (Å²) in [4.78, 5) is 2.72. The third-order valence-electron chi connectivity index (χ3n) is 5.47. The monoisotopic (exact) mass is 296 g/mol. The Morgan fingerprint density at radius 3 is 2.43 bits per heavy atom. The van der Waals surface area contributed by atoms with Crippen molar-refractivity contribution in [1.82, 2.24) is 10.2 Å². The largest absolute Gasteiger partial charge is 0.347 e. The molecule has 2 aliphatic heterocycles. The van der Waals surface area contributed by atoms with Crippen LogP contribution in [0.1, 0.15) is 46.5 Å². The van der Waals surface area contributed by atoms with E-state index in [4.69, 9.17) is 9.47 Å². The quantitative estimate of drug-likeness (QED) is 0.866. The van der Waals surface area contributed by atoms with Crippen molar-refractivity contribution >= 4 is 0 Å². The Bertz CT molecular complexity index is 334. The number of likely N-dealkylation sites (N-methyl/N-ethyl adjacent to an activating group) is 1. The van der Waals surface area contributed by atoms with Crippen molar-refractivity contribution in [3.63, 3.8) is 0 Å². The number of hydrogen-bond donors (Lipinski definition) is 1. The molecule has 4 atom stereocenters. The summed E-state index contributed by atoms with van der Waals surface area (Å²) < 4.78 is 12.0. The van der Waals surface area contributed by atoms with E-state index in [9.17, 15) is 0 Å². The molecule has 4 heteroatoms. The highest BCUT2D eigenvalue weighted by Gasteiger charge is 2.47. The van der Waals surface area contributed by atoms with Gasteiger partial charge in [-0.1, -0.05) is 20.8 Å². The first-order valence-electron chi connectivity index (χ1n) is 8.87. The van der Waals surface area contributed by atoms with E-state index >= 15 is 0 Å². The number of hydrogen-bond acceptors (Lipinski definition) is 4. The molecule has 4 unspecified atom stereocenters. The first kappa shape index (κ1) is 15.7. The van der Waals surface area contributed by atoms with Crippen molar-refractivity contribution in [2.75, 3.05) is 32.8 Å². The molecule has 1 saturated carbocycles. The van der Waals surface area contributed by atoms with E-state index in [1.807, 2.05) is 0 Å². The fraction of sp³-hybridized carbons (Fsp3) is 1.00. The molecule has 21 heavy (non-hydrogen) atoms. The zero-order valence-electron chi connectivity index (χ0n) is 13.9. The third-order valence-corrected chi connectivity index (χ3v) is 5.47. The van der Waals surface area contributed by atoms with E-state index in [0.29, 0.717) is 12.1 Å². The standard InChI is InChI=1S/C17H32N2O2/c1-4-18-15-5-6-17(20-7-8-21-17)10-16(15)19-11-13(2)9-14(3)12-19/h13-16,18H,4-12H2,1-3H3. The van der Waals surface area contributed by atoms with Gasteiger partial charge in [-0.3, -0.25) is 4.90 Å². The fourth-order valence-electron chi connectivity index (χ4n) is 4.76. The molecule has 0 aromatic carbocycles. The van der Waals surface area contributed by atoms with Crippen molar-refractivity contribution in [1.29, 1.82) is 0 Å². The molecule has 3 aliphatic rings. The first-order chi connectivity index (χ1) is 10.1. The van der Waals surface area contributed by atoms with Crippen LogP contribution >= 0.6 is 0 Å². The molecule has 3 rings (SSSR count). The summed E-state index contributed by atoms with van der Waals surface area (Å²) in [6.07, 6.45) is 4.61. The lowest BCUT2D eigenvalue weighted by Gasteiger charge is -2.49. The maximum absolute atomic E-state index is 6.01. The highest BCUT2D eigenvalue weighted by molar-refractivity contribution is 4.97. The lowest BCUT2D eigenvalue weighted by atomic mass is 9.82. The third kappa shape index (κ3) is 3.44. The van der Waals surface area contributed by atoms with E-state index in [1.165, 1.54) is 19.5 Å². The van der Waals surface area contributed by atoms with Gasteiger partial charge in [-0.15, -0.1) is 0 Å². The van der Waals surface area contributed by atoms with Gasteiger partial charge in [-0.25, -0.2) is 0 Å². The molecule has 4 nitrogen and oxygen atoms in total. The minimum absolute atomic E-state index is 0.277. The molecule has 3 fully saturated rings. The number of nitrogens with one attached hydrogen (secondary N) is 1. The summed E-state index contributed by atoms with van der Waals surface area (Å²) in [6.45, 7) is 12.1. The van der Waals surface area contributed by atoms with Gasteiger partial charge in [-0.05, 0) is 31.2 Å². The van der Waals surface area contributed by atoms with E-state index < -0.39 is 0 Å². The molecule has 1 aliphatic carbocycles. The Kier molecular flexibility index (Phi) is 4.89. The minimum Gasteiger partial charge on any atom is -0.347 e. The Morgan fingerprint density at radius 2 is 1.81 bits per heavy atom. The molecular formula is C17H32N2O2. The van der Waals surface area contributed by atoms with Gasteiger partial charge in [0.25, 0.3) is 0 Å². The molecule has 0 aromatic heterocycles. The second-order valence-corrected chi connectivity index (χ2v) is 7.48. The van der Waals surface area contributed by atoms with Gasteiger partial charge in [0.2, 0.25) is 0 Å². The maximum atomic E-state index is 6.01. The van der Waals surface area contributed by atoms with Gasteiger partial charge in [0.1, 0.15) is 0 Å². The molecule has 2 saturated heterocycles. The van der Waals surface area contributed by atoms with Gasteiger partial charge in [0.05, 0.1) is 13.2 Å². The molecule has 0 aromatic rings. The molecule has 0 bridgehead atoms. The van der Waals surface area contributed by atoms with Crippen LogP contribution in [0.15, 0.2) is 0 Å². The highest BCUT2D eigenvalue weighted by atomic mass is 16.7. The van der Waals surface area contributed by atoms with Crippen molar-refractivity contribution in [3.8, 4) is 0 Å². The molecule has 122 valence electrons. The number of nitrogens with zero attached hydrogens (tertiary/aromatic N) is 1. The molecule has 0 amide bonds. The van der Waals surface area contributed by atoms with Crippen LogP contribution in [-0.4, -0.2) is 55.6 Å². The lowest BCUT2D eigenvalue weighted by molar-refractivity contribution is -0.195. The average molecular weight is 296 g/mol. The van der Waals surface area contributed by atoms with Gasteiger partial charge in [0.15, 0.2) is 5.79 Å². The lowest BCUT2D eigenvalue weighted by Crippen LogP contribution is -2.60. The molecule has 0 radical (unpaired) electrons. The summed E-state index contributed by atoms with van der Waals surface area (Å²) in [7, 11) is 0. The summed E-state index contributed by atoms with van der Waals surface area (Å²) in [5.74, 6) is 1.33. The second-order valence-electron chi connectivity index (χ2n) is 7.48. The predicted octanol–water partition coefficient (Wildman–Crippen LogP) is 2.24. The average Bonchev–Trinajstić information content (AvgIpc) is 2.88. The van der Waals surface area contributed by atoms with Crippen molar-refractivity contribution < 1.29 is 9.47 Å². The summed E-state index contributed by atoms with van der Waals surface area (Å²) in [5.41, 5.74) is 0. The van der Waals surface area contributed by atoms with Crippen molar-refractivity contribution in [2.45, 2.75) is 64.3 Å². The second kappa shape index (κ2) is 6.53. The van der Waals surface area contributed by atoms with E-state index in [1.54, 1.807) is 0 Å². The molecule has 1 N–H and O–H groups in total. The van der Waals surface area contributed by atoms with Crippen LogP contribution < -0.4 is 5.32 Å². The van der Waals surface area contributed by atoms with Crippen LogP contribution in [-0.2, 0) is 9.47 Å². The predicted molar refractivity (Wildman–Crippen MR) is 84.3 cm³/mol. The maximum Gasteiger partial charge on any atom is 0.170 e. The zero-order chi connectivity index (χ0) is 14.9. The van der Waals surface area contributed by atoms with Gasteiger partial charge < -0.3 is 14.8 Å². The van der Waals surface area contributed by atoms with E-state index in [0.717, 1.165) is 50.9 Å². The van der Waals surface area contributed by atoms with Crippen LogP contribution in [0.5, 0.6) is 0 Å². The van der Waals surface area contributed by atoms with Crippen molar-refractivity contribution in [3.05, 3.63) is 0 Å². The first-order valence-corrected chi connectivity index (χ1v) is 8.87. The van der Waals surface area contributed by atoms with Gasteiger partial charge in [-0.2, -0.15) is 0 Å². The van der Waals surface area contributed by atoms with Crippen LogP contribution in [0.3, 0.4) is 0 Å². The van der Waals surface area contributed by atoms with Gasteiger partial charge >= 0.3 is 0 Å². The van der Waals surface area contributed by atoms with Crippen LogP contribution in [0.4, 0.5) is 0 Å². The SMILES string of the molecule is CCNC1CCC2(CC1N1CC(C)CC(C)C1)OCCO2. The van der Waals surface area contributed by atoms with E-state index in [-0.39, 0.29) is 5.79 Å². The number of ether oxygens (including phenoxy) is 2. The smallest absolute Gasteiger partial charge is 0.170 e. The molecule has 2 heterocycles. The van der Waals surface area contributed by atoms with Gasteiger partial charge in [0, 0.05) is 38.0 Å². The summed E-state index contributed by atoms with van der Waals surface area (Å²) in [6, 6.07) is 1.15. The summed E-state index contributed by atoms with van der Waals surface area (Å²) in [5, 5.41) is 3.72. The Balaban J connectivity index is 1.73. The topological polar surface area (TPSA) is 33.7 Å². The normalized spacial score (nSPS) is 40.7. The van der Waals surface area contributed by atoms with Crippen LogP contribution in [0.2, 0.25) is 0 Å². The van der Waals surface area contributed by atoms with E-state index in [2.05, 4.69) is 31.0 Å². The number of piperidine rings is 1. The summed E-state index contributed by atoms with van der Waals surface area (Å²) >= 11 is 0. The molecule has 1 spiro atoms. The highest BCUT2D eigenvalue weighted by Crippen LogP contribution is 2.39. The molecular weight excluding hydrogens is 264 g/mol. The fourth-order valence-corrected chi connectivity index (χ4v) is 4.76. The number of rotatable bonds is 3.